The number of likely N-dealkylation sites (tertiary alicyclic amines) is 1. The molecule has 1 rings (SSSR count). The van der Waals surface area contributed by atoms with Crippen molar-refractivity contribution >= 4 is 0 Å². The lowest BCUT2D eigenvalue weighted by molar-refractivity contribution is 0.106. The van der Waals surface area contributed by atoms with E-state index in [4.69, 9.17) is 5.11 Å². The van der Waals surface area contributed by atoms with Gasteiger partial charge >= 0.3 is 0 Å². The average Bonchev–Trinajstić information content (AvgIpc) is 1.64. The van der Waals surface area contributed by atoms with Crippen LogP contribution in [0.5, 0.6) is 0 Å². The van der Waals surface area contributed by atoms with Gasteiger partial charge in [0.1, 0.15) is 0 Å². The highest BCUT2D eigenvalue weighted by Crippen LogP contribution is 2.05. The van der Waals surface area contributed by atoms with E-state index in [-0.39, 0.29) is 6.10 Å². The summed E-state index contributed by atoms with van der Waals surface area (Å²) in [6.45, 7) is 1.85. The molecule has 0 aromatic heterocycles. The number of piperidine rings is 1. The zero-order valence-corrected chi connectivity index (χ0v) is 5.17. The quantitative estimate of drug-likeness (QED) is 0.475. The highest BCUT2D eigenvalue weighted by atomic mass is 16.3. The third kappa shape index (κ3) is 1.46. The molecular weight excluding hydrogens is 102 g/mol. The Labute approximate surface area is 50.1 Å². The SMILES string of the molecule is CN1C[CH]CC(O)C1. The van der Waals surface area contributed by atoms with Crippen LogP contribution < -0.4 is 0 Å². The second-order valence-electron chi connectivity index (χ2n) is 2.40. The summed E-state index contributed by atoms with van der Waals surface area (Å²) in [6, 6.07) is 0. The van der Waals surface area contributed by atoms with Gasteiger partial charge in [-0.15, -0.1) is 0 Å². The van der Waals surface area contributed by atoms with Gasteiger partial charge in [-0.05, 0) is 19.9 Å². The van der Waals surface area contributed by atoms with E-state index in [1.165, 1.54) is 0 Å². The summed E-state index contributed by atoms with van der Waals surface area (Å²) in [5.74, 6) is 0. The Morgan fingerprint density at radius 3 is 2.88 bits per heavy atom. The smallest absolute Gasteiger partial charge is 0.0670 e. The minimum Gasteiger partial charge on any atom is -0.392 e. The molecule has 1 aliphatic rings. The van der Waals surface area contributed by atoms with Crippen LogP contribution in [0.25, 0.3) is 0 Å². The van der Waals surface area contributed by atoms with Crippen molar-refractivity contribution in [2.45, 2.75) is 12.5 Å². The van der Waals surface area contributed by atoms with Gasteiger partial charge in [-0.25, -0.2) is 0 Å². The summed E-state index contributed by atoms with van der Waals surface area (Å²) in [5, 5.41) is 9.01. The van der Waals surface area contributed by atoms with E-state index in [0.29, 0.717) is 0 Å². The van der Waals surface area contributed by atoms with Crippen LogP contribution in [0.2, 0.25) is 0 Å². The molecule has 1 heterocycles. The topological polar surface area (TPSA) is 23.5 Å². The molecule has 0 amide bonds. The number of nitrogens with zero attached hydrogens (tertiary/aromatic N) is 1. The number of β-amino-alcohol motifs (C(OH)–C–C–N with tert-alkyl or cyclic N) is 1. The summed E-state index contributed by atoms with van der Waals surface area (Å²) in [7, 11) is 2.01. The maximum atomic E-state index is 9.01. The van der Waals surface area contributed by atoms with Gasteiger partial charge in [0.05, 0.1) is 6.10 Å². The molecule has 0 saturated carbocycles. The van der Waals surface area contributed by atoms with Gasteiger partial charge in [0, 0.05) is 13.1 Å². The van der Waals surface area contributed by atoms with E-state index in [2.05, 4.69) is 11.3 Å². The molecular formula is C6H12NO. The zero-order valence-electron chi connectivity index (χ0n) is 5.17. The fraction of sp³-hybridized carbons (Fsp3) is 0.833. The number of hydrogen-bond donors (Lipinski definition) is 1. The Hall–Kier alpha value is -0.0800. The van der Waals surface area contributed by atoms with E-state index in [1.54, 1.807) is 0 Å². The Kier molecular flexibility index (Phi) is 1.86. The second kappa shape index (κ2) is 2.46. The number of rotatable bonds is 0. The van der Waals surface area contributed by atoms with Gasteiger partial charge in [-0.1, -0.05) is 0 Å². The monoisotopic (exact) mass is 114 g/mol. The summed E-state index contributed by atoms with van der Waals surface area (Å²) >= 11 is 0. The van der Waals surface area contributed by atoms with Crippen LogP contribution in [-0.4, -0.2) is 36.2 Å². The van der Waals surface area contributed by atoms with E-state index in [0.717, 1.165) is 19.5 Å². The molecule has 1 radical (unpaired) electrons. The lowest BCUT2D eigenvalue weighted by Gasteiger charge is -2.25. The highest BCUT2D eigenvalue weighted by molar-refractivity contribution is 4.81. The van der Waals surface area contributed by atoms with Crippen LogP contribution in [0.1, 0.15) is 6.42 Å². The molecule has 0 spiro atoms. The molecule has 2 nitrogen and oxygen atoms in total. The molecule has 0 aliphatic carbocycles. The molecule has 1 unspecified atom stereocenters. The van der Waals surface area contributed by atoms with Crippen LogP contribution in [0.15, 0.2) is 0 Å². The van der Waals surface area contributed by atoms with Crippen LogP contribution >= 0.6 is 0 Å². The van der Waals surface area contributed by atoms with Crippen molar-refractivity contribution in [3.63, 3.8) is 0 Å². The Morgan fingerprint density at radius 2 is 2.50 bits per heavy atom. The largest absolute Gasteiger partial charge is 0.392 e. The number of hydrogen-bond acceptors (Lipinski definition) is 2. The summed E-state index contributed by atoms with van der Waals surface area (Å²) < 4.78 is 0. The molecule has 1 aliphatic heterocycles. The van der Waals surface area contributed by atoms with Gasteiger partial charge in [0.2, 0.25) is 0 Å². The molecule has 1 saturated heterocycles. The van der Waals surface area contributed by atoms with E-state index in [1.807, 2.05) is 7.05 Å². The molecule has 1 atom stereocenters. The Morgan fingerprint density at radius 1 is 1.75 bits per heavy atom. The summed E-state index contributed by atoms with van der Waals surface area (Å²) in [4.78, 5) is 2.11. The first-order valence-electron chi connectivity index (χ1n) is 2.97. The maximum absolute atomic E-state index is 9.01. The third-order valence-electron chi connectivity index (χ3n) is 1.40. The maximum Gasteiger partial charge on any atom is 0.0670 e. The second-order valence-corrected chi connectivity index (χ2v) is 2.40. The average molecular weight is 114 g/mol. The van der Waals surface area contributed by atoms with Crippen LogP contribution in [0.4, 0.5) is 0 Å². The van der Waals surface area contributed by atoms with Crippen molar-refractivity contribution in [3.8, 4) is 0 Å². The highest BCUT2D eigenvalue weighted by Gasteiger charge is 2.12. The molecule has 0 aromatic rings. The molecule has 1 fully saturated rings. The van der Waals surface area contributed by atoms with Crippen LogP contribution in [0.3, 0.4) is 0 Å². The zero-order chi connectivity index (χ0) is 5.98. The van der Waals surface area contributed by atoms with Gasteiger partial charge in [0.25, 0.3) is 0 Å². The fourth-order valence-electron chi connectivity index (χ4n) is 0.996. The number of aliphatic hydroxyl groups excluding tert-OH is 1. The lowest BCUT2D eigenvalue weighted by atomic mass is 10.1. The van der Waals surface area contributed by atoms with Gasteiger partial charge in [-0.2, -0.15) is 0 Å². The van der Waals surface area contributed by atoms with Gasteiger partial charge in [0.15, 0.2) is 0 Å². The molecule has 0 bridgehead atoms. The molecule has 2 heteroatoms. The standard InChI is InChI=1S/C6H12NO/c1-7-4-2-3-6(8)5-7/h2,6,8H,3-5H2,1H3. The minimum absolute atomic E-state index is 0.117. The van der Waals surface area contributed by atoms with Crippen LogP contribution in [-0.2, 0) is 0 Å². The van der Waals surface area contributed by atoms with Crippen molar-refractivity contribution in [2.24, 2.45) is 0 Å². The van der Waals surface area contributed by atoms with Crippen molar-refractivity contribution in [3.05, 3.63) is 6.42 Å². The van der Waals surface area contributed by atoms with Gasteiger partial charge < -0.3 is 10.0 Å². The summed E-state index contributed by atoms with van der Waals surface area (Å²) in [5.41, 5.74) is 0. The van der Waals surface area contributed by atoms with Gasteiger partial charge in [-0.3, -0.25) is 0 Å². The Balaban J connectivity index is 2.23. The van der Waals surface area contributed by atoms with Crippen molar-refractivity contribution in [1.29, 1.82) is 0 Å². The first-order chi connectivity index (χ1) is 3.79. The minimum atomic E-state index is -0.117. The summed E-state index contributed by atoms with van der Waals surface area (Å²) in [6.07, 6.45) is 2.85. The lowest BCUT2D eigenvalue weighted by Crippen LogP contribution is -2.35. The normalized spacial score (nSPS) is 33.0. The molecule has 8 heavy (non-hydrogen) atoms. The van der Waals surface area contributed by atoms with Crippen molar-refractivity contribution < 1.29 is 5.11 Å². The number of aliphatic hydroxyl groups is 1. The molecule has 0 aromatic carbocycles. The first kappa shape index (κ1) is 6.05. The van der Waals surface area contributed by atoms with E-state index < -0.39 is 0 Å². The van der Waals surface area contributed by atoms with E-state index in [9.17, 15) is 0 Å². The predicted octanol–water partition coefficient (Wildman–Crippen LogP) is -0.113. The van der Waals surface area contributed by atoms with Crippen LogP contribution in [0, 0.1) is 6.42 Å². The molecule has 1 N–H and O–H groups in total. The van der Waals surface area contributed by atoms with E-state index >= 15 is 0 Å². The van der Waals surface area contributed by atoms with Crippen molar-refractivity contribution in [1.82, 2.24) is 4.90 Å². The van der Waals surface area contributed by atoms with Crippen molar-refractivity contribution in [2.75, 3.05) is 20.1 Å². The Bertz CT molecular complexity index is 66.9. The fourth-order valence-corrected chi connectivity index (χ4v) is 0.996. The number of likely N-dealkylation sites (N-methyl/N-ethyl adjacent to an activating group) is 1. The first-order valence-corrected chi connectivity index (χ1v) is 2.97. The predicted molar refractivity (Wildman–Crippen MR) is 32.4 cm³/mol. The third-order valence-corrected chi connectivity index (χ3v) is 1.40. The molecule has 47 valence electrons.